The van der Waals surface area contributed by atoms with Crippen molar-refractivity contribution in [1.82, 2.24) is 20.0 Å². The summed E-state index contributed by atoms with van der Waals surface area (Å²) in [6.07, 6.45) is 10.6. The largest absolute Gasteiger partial charge is 0.353 e. The molecule has 0 radical (unpaired) electrons. The molecule has 0 aromatic heterocycles. The summed E-state index contributed by atoms with van der Waals surface area (Å²) >= 11 is 0. The average Bonchev–Trinajstić information content (AvgIpc) is 3.50. The van der Waals surface area contributed by atoms with Gasteiger partial charge in [-0.25, -0.2) is 23.6 Å². The number of aliphatic imine (C=N–C) groups is 3. The fourth-order valence-corrected chi connectivity index (χ4v) is 5.73. The van der Waals surface area contributed by atoms with E-state index in [2.05, 4.69) is 28.2 Å². The summed E-state index contributed by atoms with van der Waals surface area (Å²) in [5, 5.41) is 3.00. The topological polar surface area (TPSA) is 75.9 Å². The SMILES string of the molecule is CC1CN(CC2=NC3C=CC=CC3=N2)CC1C1=NC2=CN(C3CCC(F)(F)CC3)CN2C(=O)N1. The number of rotatable bonds is 4. The number of fused-ring (bicyclic) bond motifs is 2. The lowest BCUT2D eigenvalue weighted by Crippen LogP contribution is -2.50. The minimum atomic E-state index is -2.56. The zero-order valence-corrected chi connectivity index (χ0v) is 19.2. The van der Waals surface area contributed by atoms with Gasteiger partial charge in [-0.15, -0.1) is 0 Å². The number of carbonyl (C=O) groups is 1. The minimum Gasteiger partial charge on any atom is -0.353 e. The second-order valence-electron chi connectivity index (χ2n) is 10.1. The van der Waals surface area contributed by atoms with E-state index in [4.69, 9.17) is 9.98 Å². The van der Waals surface area contributed by atoms with E-state index < -0.39 is 5.92 Å². The average molecular weight is 470 g/mol. The normalized spacial score (nSPS) is 32.8. The third-order valence-corrected chi connectivity index (χ3v) is 7.66. The van der Waals surface area contributed by atoms with Crippen LogP contribution >= 0.6 is 0 Å². The monoisotopic (exact) mass is 469 g/mol. The maximum Gasteiger partial charge on any atom is 0.329 e. The Kier molecular flexibility index (Phi) is 5.16. The van der Waals surface area contributed by atoms with Crippen molar-refractivity contribution in [2.24, 2.45) is 26.8 Å². The van der Waals surface area contributed by atoms with Crippen LogP contribution in [0.1, 0.15) is 32.6 Å². The number of alkyl halides is 2. The van der Waals surface area contributed by atoms with Gasteiger partial charge in [-0.05, 0) is 24.8 Å². The Morgan fingerprint density at radius 1 is 1.18 bits per heavy atom. The van der Waals surface area contributed by atoms with Crippen LogP contribution in [0.25, 0.3) is 0 Å². The van der Waals surface area contributed by atoms with Crippen LogP contribution in [0.15, 0.2) is 51.3 Å². The summed E-state index contributed by atoms with van der Waals surface area (Å²) in [4.78, 5) is 33.0. The van der Waals surface area contributed by atoms with Gasteiger partial charge in [0.1, 0.15) is 24.4 Å². The Hall–Kier alpha value is -2.88. The molecule has 2 fully saturated rings. The van der Waals surface area contributed by atoms with Gasteiger partial charge >= 0.3 is 6.03 Å². The van der Waals surface area contributed by atoms with Crippen LogP contribution in [0.4, 0.5) is 13.6 Å². The number of halogens is 2. The van der Waals surface area contributed by atoms with E-state index in [1.54, 1.807) is 4.90 Å². The Bertz CT molecular complexity index is 1070. The predicted molar refractivity (Wildman–Crippen MR) is 126 cm³/mol. The maximum atomic E-state index is 13.6. The lowest BCUT2D eigenvalue weighted by Gasteiger charge is -2.35. The van der Waals surface area contributed by atoms with Gasteiger partial charge in [0.15, 0.2) is 5.82 Å². The quantitative estimate of drug-likeness (QED) is 0.688. The van der Waals surface area contributed by atoms with Crippen molar-refractivity contribution in [3.8, 4) is 0 Å². The van der Waals surface area contributed by atoms with Gasteiger partial charge in [-0.1, -0.05) is 25.2 Å². The predicted octanol–water partition coefficient (Wildman–Crippen LogP) is 2.98. The molecule has 3 atom stereocenters. The third kappa shape index (κ3) is 3.97. The Balaban J connectivity index is 1.13. The highest BCUT2D eigenvalue weighted by Gasteiger charge is 2.42. The molecule has 0 aromatic carbocycles. The molecule has 34 heavy (non-hydrogen) atoms. The molecule has 6 rings (SSSR count). The van der Waals surface area contributed by atoms with E-state index in [1.165, 1.54) is 0 Å². The van der Waals surface area contributed by atoms with E-state index in [0.29, 0.717) is 43.6 Å². The zero-order chi connectivity index (χ0) is 23.4. The first kappa shape index (κ1) is 21.6. The van der Waals surface area contributed by atoms with Crippen molar-refractivity contribution in [1.29, 1.82) is 0 Å². The number of nitrogens with one attached hydrogen (secondary N) is 1. The van der Waals surface area contributed by atoms with Gasteiger partial charge in [-0.2, -0.15) is 0 Å². The van der Waals surface area contributed by atoms with Gasteiger partial charge in [-0.3, -0.25) is 20.1 Å². The lowest BCUT2D eigenvalue weighted by molar-refractivity contribution is -0.0500. The van der Waals surface area contributed by atoms with Crippen LogP contribution in [0.2, 0.25) is 0 Å². The van der Waals surface area contributed by atoms with Gasteiger partial charge in [0.05, 0.1) is 12.3 Å². The van der Waals surface area contributed by atoms with Crippen molar-refractivity contribution in [2.45, 2.75) is 50.6 Å². The molecule has 0 spiro atoms. The van der Waals surface area contributed by atoms with Crippen molar-refractivity contribution in [2.75, 3.05) is 26.3 Å². The summed E-state index contributed by atoms with van der Waals surface area (Å²) in [7, 11) is 0. The lowest BCUT2D eigenvalue weighted by atomic mass is 9.91. The van der Waals surface area contributed by atoms with Gasteiger partial charge in [0, 0.05) is 44.1 Å². The van der Waals surface area contributed by atoms with Crippen LogP contribution in [0.3, 0.4) is 0 Å². The van der Waals surface area contributed by atoms with Crippen LogP contribution in [-0.2, 0) is 0 Å². The van der Waals surface area contributed by atoms with Crippen LogP contribution < -0.4 is 5.32 Å². The van der Waals surface area contributed by atoms with E-state index >= 15 is 0 Å². The second-order valence-corrected chi connectivity index (χ2v) is 10.1. The summed E-state index contributed by atoms with van der Waals surface area (Å²) in [5.41, 5.74) is 0.990. The van der Waals surface area contributed by atoms with Gasteiger partial charge in [0.25, 0.3) is 0 Å². The third-order valence-electron chi connectivity index (χ3n) is 7.66. The number of hydrogen-bond acceptors (Lipinski definition) is 6. The van der Waals surface area contributed by atoms with Gasteiger partial charge in [0.2, 0.25) is 5.92 Å². The van der Waals surface area contributed by atoms with Crippen molar-refractivity contribution in [3.63, 3.8) is 0 Å². The van der Waals surface area contributed by atoms with E-state index in [9.17, 15) is 13.6 Å². The highest BCUT2D eigenvalue weighted by molar-refractivity contribution is 6.13. The summed E-state index contributed by atoms with van der Waals surface area (Å²) < 4.78 is 27.1. The molecule has 4 heterocycles. The van der Waals surface area contributed by atoms with Crippen molar-refractivity contribution in [3.05, 3.63) is 36.3 Å². The Labute approximate surface area is 197 Å². The highest BCUT2D eigenvalue weighted by atomic mass is 19.3. The van der Waals surface area contributed by atoms with E-state index in [0.717, 1.165) is 24.6 Å². The summed E-state index contributed by atoms with van der Waals surface area (Å²) in [5.74, 6) is 0.00397. The molecule has 1 saturated heterocycles. The number of carbonyl (C=O) groups excluding carboxylic acids is 1. The van der Waals surface area contributed by atoms with Crippen LogP contribution in [0, 0.1) is 11.8 Å². The summed E-state index contributed by atoms with van der Waals surface area (Å²) in [6, 6.07) is -0.136. The number of amides is 2. The molecule has 1 saturated carbocycles. The van der Waals surface area contributed by atoms with Crippen molar-refractivity contribution < 1.29 is 13.6 Å². The first-order valence-corrected chi connectivity index (χ1v) is 12.1. The van der Waals surface area contributed by atoms with Crippen LogP contribution in [-0.4, -0.2) is 82.4 Å². The molecular formula is C24H29F2N7O. The molecule has 2 amide bonds. The Morgan fingerprint density at radius 3 is 2.79 bits per heavy atom. The highest BCUT2D eigenvalue weighted by Crippen LogP contribution is 2.37. The molecule has 0 bridgehead atoms. The molecule has 2 aliphatic carbocycles. The standard InChI is InChI=1S/C24H29F2N7O/c1-15-10-31(12-20-27-18-4-2-3-5-19(18)28-20)11-17(15)22-29-21-13-32(14-33(21)23(34)30-22)16-6-8-24(25,26)9-7-16/h2-5,13,15-18H,6-12,14H2,1H3,(H,29,30,34). The molecule has 10 heteroatoms. The molecule has 1 N–H and O–H groups in total. The molecule has 0 aromatic rings. The first-order valence-electron chi connectivity index (χ1n) is 12.1. The number of hydrogen-bond donors (Lipinski definition) is 1. The van der Waals surface area contributed by atoms with Gasteiger partial charge < -0.3 is 4.90 Å². The summed E-state index contributed by atoms with van der Waals surface area (Å²) in [6.45, 7) is 4.88. The zero-order valence-electron chi connectivity index (χ0n) is 19.2. The molecular weight excluding hydrogens is 440 g/mol. The molecule has 4 aliphatic heterocycles. The minimum absolute atomic E-state index is 0.0206. The number of urea groups is 1. The molecule has 3 unspecified atom stereocenters. The number of allylic oxidation sites excluding steroid dienone is 2. The second kappa shape index (κ2) is 8.11. The number of likely N-dealkylation sites (tertiary alicyclic amines) is 1. The number of nitrogens with zero attached hydrogens (tertiary/aromatic N) is 6. The fourth-order valence-electron chi connectivity index (χ4n) is 5.73. The first-order chi connectivity index (χ1) is 16.3. The van der Waals surface area contributed by atoms with Crippen molar-refractivity contribution >= 4 is 23.4 Å². The fraction of sp³-hybridized carbons (Fsp3) is 0.583. The Morgan fingerprint density at radius 2 is 2.00 bits per heavy atom. The maximum absolute atomic E-state index is 13.6. The van der Waals surface area contributed by atoms with E-state index in [-0.39, 0.29) is 36.9 Å². The smallest absolute Gasteiger partial charge is 0.329 e. The van der Waals surface area contributed by atoms with Crippen LogP contribution in [0.5, 0.6) is 0 Å². The molecule has 8 nitrogen and oxygen atoms in total. The van der Waals surface area contributed by atoms with E-state index in [1.807, 2.05) is 29.3 Å². The number of amidine groups is 2. The molecule has 6 aliphatic rings. The molecule has 180 valence electrons.